The van der Waals surface area contributed by atoms with Gasteiger partial charge in [0.2, 0.25) is 11.0 Å². The second-order valence-corrected chi connectivity index (χ2v) is 8.06. The third kappa shape index (κ3) is 4.44. The molecule has 3 aromatic rings. The Balaban J connectivity index is 1.68. The fraction of sp³-hybridized carbons (Fsp3) is 0.267. The molecule has 0 aliphatic rings. The lowest BCUT2D eigenvalue weighted by molar-refractivity contribution is -0.113. The lowest BCUT2D eigenvalue weighted by atomic mass is 10.2. The second kappa shape index (κ2) is 8.07. The molecule has 10 heteroatoms. The lowest BCUT2D eigenvalue weighted by Crippen LogP contribution is -2.14. The zero-order valence-corrected chi connectivity index (χ0v) is 16.8. The van der Waals surface area contributed by atoms with E-state index in [1.807, 2.05) is 42.7 Å². The number of aryl methyl sites for hydroxylation is 1. The van der Waals surface area contributed by atoms with Crippen molar-refractivity contribution >= 4 is 50.1 Å². The molecule has 3 rings (SSSR count). The number of aromatic nitrogens is 5. The lowest BCUT2D eigenvalue weighted by Gasteiger charge is -2.07. The van der Waals surface area contributed by atoms with Crippen molar-refractivity contribution in [2.24, 2.45) is 0 Å². The van der Waals surface area contributed by atoms with Gasteiger partial charge in [0.05, 0.1) is 5.75 Å². The molecule has 0 aliphatic heterocycles. The van der Waals surface area contributed by atoms with E-state index in [1.165, 1.54) is 23.1 Å². The topological polar surface area (TPSA) is 85.6 Å². The molecule has 1 N–H and O–H groups in total. The van der Waals surface area contributed by atoms with Gasteiger partial charge in [-0.3, -0.25) is 10.1 Å². The largest absolute Gasteiger partial charge is 0.302 e. The molecule has 0 saturated carbocycles. The monoisotopic (exact) mass is 438 g/mol. The fourth-order valence-electron chi connectivity index (χ4n) is 2.13. The van der Waals surface area contributed by atoms with E-state index in [2.05, 4.69) is 41.6 Å². The molecule has 0 unspecified atom stereocenters. The highest BCUT2D eigenvalue weighted by molar-refractivity contribution is 9.10. The first-order valence-electron chi connectivity index (χ1n) is 7.48. The van der Waals surface area contributed by atoms with Crippen molar-refractivity contribution in [1.29, 1.82) is 0 Å². The van der Waals surface area contributed by atoms with Crippen LogP contribution >= 0.6 is 39.0 Å². The van der Waals surface area contributed by atoms with E-state index in [0.717, 1.165) is 27.4 Å². The molecule has 0 bridgehead atoms. The van der Waals surface area contributed by atoms with Gasteiger partial charge in [0.25, 0.3) is 0 Å². The van der Waals surface area contributed by atoms with Crippen LogP contribution in [-0.4, -0.2) is 36.6 Å². The van der Waals surface area contributed by atoms with Gasteiger partial charge in [-0.05, 0) is 26.0 Å². The molecule has 0 spiro atoms. The average molecular weight is 439 g/mol. The van der Waals surface area contributed by atoms with E-state index in [-0.39, 0.29) is 11.7 Å². The molecule has 2 aromatic heterocycles. The Labute approximate surface area is 161 Å². The van der Waals surface area contributed by atoms with E-state index in [1.54, 1.807) is 0 Å². The van der Waals surface area contributed by atoms with E-state index in [4.69, 9.17) is 0 Å². The number of nitrogens with zero attached hydrogens (tertiary/aromatic N) is 5. The van der Waals surface area contributed by atoms with Gasteiger partial charge in [-0.15, -0.1) is 20.4 Å². The van der Waals surface area contributed by atoms with Crippen LogP contribution in [0.5, 0.6) is 0 Å². The molecule has 130 valence electrons. The summed E-state index contributed by atoms with van der Waals surface area (Å²) in [4.78, 5) is 12.1. The van der Waals surface area contributed by atoms with Crippen LogP contribution < -0.4 is 5.32 Å². The maximum absolute atomic E-state index is 12.1. The summed E-state index contributed by atoms with van der Waals surface area (Å²) in [6.45, 7) is 4.59. The number of thioether (sulfide) groups is 1. The average Bonchev–Trinajstić information content (AvgIpc) is 3.19. The van der Waals surface area contributed by atoms with E-state index >= 15 is 0 Å². The number of carbonyl (C=O) groups excluding carboxylic acids is 1. The number of amides is 1. The predicted octanol–water partition coefficient (Wildman–Crippen LogP) is 3.62. The quantitative estimate of drug-likeness (QED) is 0.591. The minimum Gasteiger partial charge on any atom is -0.302 e. The fourth-order valence-corrected chi connectivity index (χ4v) is 3.80. The molecule has 0 radical (unpaired) electrons. The highest BCUT2D eigenvalue weighted by atomic mass is 79.9. The van der Waals surface area contributed by atoms with Crippen molar-refractivity contribution in [3.63, 3.8) is 0 Å². The van der Waals surface area contributed by atoms with Crippen LogP contribution in [0, 0.1) is 6.92 Å². The summed E-state index contributed by atoms with van der Waals surface area (Å²) < 4.78 is 3.01. The van der Waals surface area contributed by atoms with Gasteiger partial charge < -0.3 is 4.57 Å². The molecule has 2 heterocycles. The molecular formula is C15H15BrN6OS2. The van der Waals surface area contributed by atoms with Crippen molar-refractivity contribution in [2.45, 2.75) is 25.5 Å². The summed E-state index contributed by atoms with van der Waals surface area (Å²) in [5, 5.41) is 21.0. The summed E-state index contributed by atoms with van der Waals surface area (Å²) in [5.74, 6) is 0.881. The Bertz CT molecular complexity index is 877. The molecule has 1 aromatic carbocycles. The highest BCUT2D eigenvalue weighted by Crippen LogP contribution is 2.25. The maximum Gasteiger partial charge on any atom is 0.236 e. The van der Waals surface area contributed by atoms with E-state index < -0.39 is 0 Å². The first kappa shape index (κ1) is 18.0. The summed E-state index contributed by atoms with van der Waals surface area (Å²) in [5.41, 5.74) is 0.984. The van der Waals surface area contributed by atoms with Gasteiger partial charge in [0, 0.05) is 16.6 Å². The minimum atomic E-state index is -0.142. The standard InChI is InChI=1S/C15H15BrN6OS2/c1-3-22-13(10-4-6-11(16)7-5-10)19-21-15(22)24-8-12(23)17-14-20-18-9(2)25-14/h4-7H,3,8H2,1-2H3,(H,17,20,23). The van der Waals surface area contributed by atoms with Gasteiger partial charge in [0.15, 0.2) is 11.0 Å². The Morgan fingerprint density at radius 3 is 2.64 bits per heavy atom. The van der Waals surface area contributed by atoms with E-state index in [9.17, 15) is 4.79 Å². The zero-order chi connectivity index (χ0) is 17.8. The second-order valence-electron chi connectivity index (χ2n) is 5.02. The van der Waals surface area contributed by atoms with Crippen LogP contribution in [-0.2, 0) is 11.3 Å². The minimum absolute atomic E-state index is 0.142. The molecule has 0 saturated heterocycles. The molecule has 0 aliphatic carbocycles. The molecule has 7 nitrogen and oxygen atoms in total. The van der Waals surface area contributed by atoms with Gasteiger partial charge >= 0.3 is 0 Å². The van der Waals surface area contributed by atoms with Gasteiger partial charge in [0.1, 0.15) is 5.01 Å². The van der Waals surface area contributed by atoms with Crippen LogP contribution in [0.1, 0.15) is 11.9 Å². The Hall–Kier alpha value is -1.78. The number of halogens is 1. The number of nitrogens with one attached hydrogen (secondary N) is 1. The van der Waals surface area contributed by atoms with Crippen LogP contribution in [0.15, 0.2) is 33.9 Å². The number of anilines is 1. The van der Waals surface area contributed by atoms with Crippen LogP contribution in [0.25, 0.3) is 11.4 Å². The number of benzene rings is 1. The predicted molar refractivity (Wildman–Crippen MR) is 103 cm³/mol. The van der Waals surface area contributed by atoms with Crippen molar-refractivity contribution in [3.8, 4) is 11.4 Å². The first-order valence-corrected chi connectivity index (χ1v) is 10.1. The molecule has 25 heavy (non-hydrogen) atoms. The number of rotatable bonds is 6. The zero-order valence-electron chi connectivity index (χ0n) is 13.6. The summed E-state index contributed by atoms with van der Waals surface area (Å²) in [7, 11) is 0. The van der Waals surface area contributed by atoms with Gasteiger partial charge in [-0.25, -0.2) is 0 Å². The SMILES string of the molecule is CCn1c(SCC(=O)Nc2nnc(C)s2)nnc1-c1ccc(Br)cc1. The first-order chi connectivity index (χ1) is 12.1. The van der Waals surface area contributed by atoms with Crippen molar-refractivity contribution in [2.75, 3.05) is 11.1 Å². The molecule has 0 fully saturated rings. The highest BCUT2D eigenvalue weighted by Gasteiger charge is 2.15. The summed E-state index contributed by atoms with van der Waals surface area (Å²) >= 11 is 6.12. The number of hydrogen-bond donors (Lipinski definition) is 1. The Kier molecular flexibility index (Phi) is 5.82. The third-order valence-electron chi connectivity index (χ3n) is 3.24. The van der Waals surface area contributed by atoms with Gasteiger partial charge in [-0.2, -0.15) is 0 Å². The smallest absolute Gasteiger partial charge is 0.236 e. The van der Waals surface area contributed by atoms with Crippen LogP contribution in [0.4, 0.5) is 5.13 Å². The summed E-state index contributed by atoms with van der Waals surface area (Å²) in [6, 6.07) is 7.90. The van der Waals surface area contributed by atoms with Crippen LogP contribution in [0.3, 0.4) is 0 Å². The maximum atomic E-state index is 12.1. The summed E-state index contributed by atoms with van der Waals surface area (Å²) in [6.07, 6.45) is 0. The Morgan fingerprint density at radius 1 is 1.24 bits per heavy atom. The van der Waals surface area contributed by atoms with E-state index in [0.29, 0.717) is 10.3 Å². The molecular weight excluding hydrogens is 424 g/mol. The number of hydrogen-bond acceptors (Lipinski definition) is 7. The normalized spacial score (nSPS) is 10.8. The van der Waals surface area contributed by atoms with Crippen LogP contribution in [0.2, 0.25) is 0 Å². The third-order valence-corrected chi connectivity index (χ3v) is 5.49. The van der Waals surface area contributed by atoms with Crippen molar-refractivity contribution < 1.29 is 4.79 Å². The number of carbonyl (C=O) groups is 1. The molecule has 1 amide bonds. The van der Waals surface area contributed by atoms with Gasteiger partial charge in [-0.1, -0.05) is 51.2 Å². The van der Waals surface area contributed by atoms with Crippen molar-refractivity contribution in [3.05, 3.63) is 33.7 Å². The molecule has 0 atom stereocenters. The van der Waals surface area contributed by atoms with Crippen molar-refractivity contribution in [1.82, 2.24) is 25.0 Å². The Morgan fingerprint density at radius 2 is 2.00 bits per heavy atom.